The van der Waals surface area contributed by atoms with E-state index in [1.54, 1.807) is 30.3 Å². The van der Waals surface area contributed by atoms with E-state index in [0.29, 0.717) is 17.8 Å². The molecule has 0 fully saturated rings. The summed E-state index contributed by atoms with van der Waals surface area (Å²) in [6.45, 7) is 2.41. The molecule has 0 saturated heterocycles. The van der Waals surface area contributed by atoms with Crippen LogP contribution in [0.3, 0.4) is 0 Å². The molecular formula is C23H22ClFN2O. The maximum atomic E-state index is 14.3. The molecule has 0 bridgehead atoms. The molecule has 3 aromatic rings. The zero-order valence-electron chi connectivity index (χ0n) is 15.8. The SMILES string of the molecule is CCCN(C(=O)c1ccc2c(Cl)c3c(nc2c1)CCCC3)c1ccccc1F. The summed E-state index contributed by atoms with van der Waals surface area (Å²) in [5, 5.41) is 1.62. The van der Waals surface area contributed by atoms with Crippen molar-refractivity contribution in [2.45, 2.75) is 39.0 Å². The number of benzene rings is 2. The lowest BCUT2D eigenvalue weighted by Crippen LogP contribution is -2.32. The van der Waals surface area contributed by atoms with Gasteiger partial charge < -0.3 is 4.90 Å². The Bertz CT molecular complexity index is 1050. The summed E-state index contributed by atoms with van der Waals surface area (Å²) in [6.07, 6.45) is 4.84. The number of halogens is 2. The van der Waals surface area contributed by atoms with Gasteiger partial charge >= 0.3 is 0 Å². The van der Waals surface area contributed by atoms with E-state index >= 15 is 0 Å². The number of hydrogen-bond acceptors (Lipinski definition) is 2. The van der Waals surface area contributed by atoms with E-state index in [2.05, 4.69) is 0 Å². The molecule has 1 amide bonds. The molecule has 0 aliphatic heterocycles. The second-order valence-electron chi connectivity index (χ2n) is 7.20. The minimum absolute atomic E-state index is 0.232. The van der Waals surface area contributed by atoms with E-state index in [1.807, 2.05) is 13.0 Å². The van der Waals surface area contributed by atoms with Crippen molar-refractivity contribution >= 4 is 34.1 Å². The lowest BCUT2D eigenvalue weighted by Gasteiger charge is -2.23. The summed E-state index contributed by atoms with van der Waals surface area (Å²) >= 11 is 6.64. The third-order valence-corrected chi connectivity index (χ3v) is 5.71. The standard InChI is InChI=1S/C23H22ClFN2O/c1-2-13-27(21-10-6-4-8-18(21)25)23(28)15-11-12-17-20(14-15)26-19-9-5-3-7-16(19)22(17)24/h4,6,8,10-12,14H,2-3,5,7,9,13H2,1H3. The van der Waals surface area contributed by atoms with Gasteiger partial charge in [-0.3, -0.25) is 9.78 Å². The Labute approximate surface area is 169 Å². The second kappa shape index (κ2) is 7.88. The molecule has 5 heteroatoms. The molecule has 0 unspecified atom stereocenters. The number of anilines is 1. The lowest BCUT2D eigenvalue weighted by atomic mass is 9.94. The molecule has 28 heavy (non-hydrogen) atoms. The molecular weight excluding hydrogens is 375 g/mol. The highest BCUT2D eigenvalue weighted by molar-refractivity contribution is 6.36. The second-order valence-corrected chi connectivity index (χ2v) is 7.58. The molecule has 144 valence electrons. The van der Waals surface area contributed by atoms with Crippen molar-refractivity contribution in [3.05, 3.63) is 70.1 Å². The highest BCUT2D eigenvalue weighted by Crippen LogP contribution is 2.33. The van der Waals surface area contributed by atoms with Gasteiger partial charge in [0.25, 0.3) is 5.91 Å². The molecule has 0 radical (unpaired) electrons. The predicted molar refractivity (Wildman–Crippen MR) is 112 cm³/mol. The van der Waals surface area contributed by atoms with Crippen molar-refractivity contribution in [2.24, 2.45) is 0 Å². The molecule has 3 nitrogen and oxygen atoms in total. The maximum absolute atomic E-state index is 14.3. The van der Waals surface area contributed by atoms with Crippen molar-refractivity contribution in [1.29, 1.82) is 0 Å². The summed E-state index contributed by atoms with van der Waals surface area (Å²) in [7, 11) is 0. The normalized spacial score (nSPS) is 13.4. The highest BCUT2D eigenvalue weighted by Gasteiger charge is 2.22. The molecule has 0 atom stereocenters. The molecule has 0 N–H and O–H groups in total. The number of carbonyl (C=O) groups excluding carboxylic acids is 1. The lowest BCUT2D eigenvalue weighted by molar-refractivity contribution is 0.0986. The van der Waals surface area contributed by atoms with Gasteiger partial charge in [-0.2, -0.15) is 0 Å². The summed E-state index contributed by atoms with van der Waals surface area (Å²) < 4.78 is 14.3. The van der Waals surface area contributed by atoms with Crippen LogP contribution in [0.4, 0.5) is 10.1 Å². The van der Waals surface area contributed by atoms with Crippen LogP contribution in [0, 0.1) is 5.82 Å². The molecule has 1 aromatic heterocycles. The number of hydrogen-bond donors (Lipinski definition) is 0. The van der Waals surface area contributed by atoms with Gasteiger partial charge in [-0.25, -0.2) is 4.39 Å². The van der Waals surface area contributed by atoms with E-state index in [1.165, 1.54) is 11.0 Å². The molecule has 1 aliphatic carbocycles. The molecule has 2 aromatic carbocycles. The fraction of sp³-hybridized carbons (Fsp3) is 0.304. The van der Waals surface area contributed by atoms with E-state index in [0.717, 1.165) is 59.3 Å². The van der Waals surface area contributed by atoms with Crippen molar-refractivity contribution in [3.63, 3.8) is 0 Å². The average molecular weight is 397 g/mol. The maximum Gasteiger partial charge on any atom is 0.258 e. The number of para-hydroxylation sites is 1. The van der Waals surface area contributed by atoms with Crippen LogP contribution < -0.4 is 4.90 Å². The summed E-state index contributed by atoms with van der Waals surface area (Å²) in [5.41, 5.74) is 3.68. The average Bonchev–Trinajstić information content (AvgIpc) is 2.72. The van der Waals surface area contributed by atoms with E-state index in [-0.39, 0.29) is 5.91 Å². The van der Waals surface area contributed by atoms with Gasteiger partial charge in [0.2, 0.25) is 0 Å². The van der Waals surface area contributed by atoms with Crippen LogP contribution in [0.15, 0.2) is 42.5 Å². The van der Waals surface area contributed by atoms with E-state index < -0.39 is 5.82 Å². The number of aryl methyl sites for hydroxylation is 1. The Balaban J connectivity index is 1.77. The van der Waals surface area contributed by atoms with Crippen LogP contribution in [0.1, 0.15) is 47.8 Å². The number of fused-ring (bicyclic) bond motifs is 2. The van der Waals surface area contributed by atoms with Gasteiger partial charge in [0.1, 0.15) is 5.82 Å². The Morgan fingerprint density at radius 3 is 2.75 bits per heavy atom. The van der Waals surface area contributed by atoms with Crippen LogP contribution in [-0.4, -0.2) is 17.4 Å². The number of amides is 1. The Kier molecular flexibility index (Phi) is 5.31. The summed E-state index contributed by atoms with van der Waals surface area (Å²) in [5.74, 6) is -0.634. The van der Waals surface area contributed by atoms with Crippen LogP contribution >= 0.6 is 11.6 Å². The highest BCUT2D eigenvalue weighted by atomic mass is 35.5. The number of nitrogens with zero attached hydrogens (tertiary/aromatic N) is 2. The Hall–Kier alpha value is -2.46. The molecule has 4 rings (SSSR count). The molecule has 0 spiro atoms. The first-order valence-electron chi connectivity index (χ1n) is 9.77. The fourth-order valence-electron chi connectivity index (χ4n) is 3.88. The molecule has 1 aliphatic rings. The minimum atomic E-state index is -0.402. The Morgan fingerprint density at radius 2 is 1.96 bits per heavy atom. The smallest absolute Gasteiger partial charge is 0.258 e. The van der Waals surface area contributed by atoms with E-state index in [4.69, 9.17) is 16.6 Å². The van der Waals surface area contributed by atoms with Crippen LogP contribution in [-0.2, 0) is 12.8 Å². The van der Waals surface area contributed by atoms with Crippen molar-refractivity contribution < 1.29 is 9.18 Å². The molecule has 0 saturated carbocycles. The van der Waals surface area contributed by atoms with Gasteiger partial charge in [0, 0.05) is 23.2 Å². The Morgan fingerprint density at radius 1 is 1.18 bits per heavy atom. The first-order valence-corrected chi connectivity index (χ1v) is 10.2. The topological polar surface area (TPSA) is 33.2 Å². The monoisotopic (exact) mass is 396 g/mol. The summed E-state index contributed by atoms with van der Waals surface area (Å²) in [6, 6.07) is 11.8. The number of carbonyl (C=O) groups is 1. The third kappa shape index (κ3) is 3.37. The minimum Gasteiger partial charge on any atom is -0.306 e. The van der Waals surface area contributed by atoms with Crippen molar-refractivity contribution in [1.82, 2.24) is 4.98 Å². The number of pyridine rings is 1. The zero-order chi connectivity index (χ0) is 19.7. The first-order chi connectivity index (χ1) is 13.6. The fourth-order valence-corrected chi connectivity index (χ4v) is 4.24. The van der Waals surface area contributed by atoms with Gasteiger partial charge in [-0.15, -0.1) is 0 Å². The first kappa shape index (κ1) is 18.9. The molecule has 1 heterocycles. The van der Waals surface area contributed by atoms with E-state index in [9.17, 15) is 9.18 Å². The van der Waals surface area contributed by atoms with Gasteiger partial charge in [0.15, 0.2) is 0 Å². The third-order valence-electron chi connectivity index (χ3n) is 5.28. The van der Waals surface area contributed by atoms with Crippen LogP contribution in [0.25, 0.3) is 10.9 Å². The largest absolute Gasteiger partial charge is 0.306 e. The van der Waals surface area contributed by atoms with Gasteiger partial charge in [-0.05, 0) is 61.9 Å². The zero-order valence-corrected chi connectivity index (χ0v) is 16.6. The quantitative estimate of drug-likeness (QED) is 0.544. The number of rotatable bonds is 4. The van der Waals surface area contributed by atoms with Gasteiger partial charge in [0.05, 0.1) is 16.2 Å². The van der Waals surface area contributed by atoms with Gasteiger partial charge in [-0.1, -0.05) is 36.7 Å². The van der Waals surface area contributed by atoms with Crippen molar-refractivity contribution in [2.75, 3.05) is 11.4 Å². The van der Waals surface area contributed by atoms with Crippen LogP contribution in [0.2, 0.25) is 5.02 Å². The number of aromatic nitrogens is 1. The summed E-state index contributed by atoms with van der Waals surface area (Å²) in [4.78, 5) is 19.5. The van der Waals surface area contributed by atoms with Crippen molar-refractivity contribution in [3.8, 4) is 0 Å². The predicted octanol–water partition coefficient (Wildman–Crippen LogP) is 5.96. The van der Waals surface area contributed by atoms with Crippen LogP contribution in [0.5, 0.6) is 0 Å².